The minimum Gasteiger partial charge on any atom is -0.512 e. The summed E-state index contributed by atoms with van der Waals surface area (Å²) in [6.07, 6.45) is 9.53. The molecule has 7 N–H and O–H groups in total. The first kappa shape index (κ1) is 85.5. The molecule has 3 radical (unpaired) electrons. The van der Waals surface area contributed by atoms with Gasteiger partial charge < -0.3 is 52.6 Å². The van der Waals surface area contributed by atoms with Crippen molar-refractivity contribution >= 4 is 49.6 Å². The number of ether oxygens (including phenoxy) is 3. The fraction of sp³-hybridized carbons (Fsp3) is 0.574. The molecule has 0 fully saturated rings. The van der Waals surface area contributed by atoms with E-state index in [9.17, 15) is 19.2 Å². The molecule has 0 aromatic heterocycles. The molecular formula is C61H99BN6NaO11. The first-order valence-electron chi connectivity index (χ1n) is 26.5. The number of rotatable bonds is 19. The number of carbonyl (C=O) groups excluding carboxylic acids is 4. The van der Waals surface area contributed by atoms with Gasteiger partial charge in [-0.15, -0.1) is 0 Å². The van der Waals surface area contributed by atoms with Gasteiger partial charge in [0, 0.05) is 85.1 Å². The van der Waals surface area contributed by atoms with Crippen molar-refractivity contribution < 1.29 is 82.7 Å². The van der Waals surface area contributed by atoms with E-state index in [-0.39, 0.29) is 78.6 Å². The third kappa shape index (κ3) is 38.8. The number of hydrazone groups is 1. The van der Waals surface area contributed by atoms with Crippen LogP contribution in [0.25, 0.3) is 0 Å². The largest absolute Gasteiger partial charge is 1.00 e. The molecule has 0 aliphatic carbocycles. The number of hydrogen-bond donors (Lipinski definition) is 6. The SMILES string of the molecule is CC(=O)O.CC(=O)O.CCCC/C(=N\NC(=O)c1cccc(OC)c1C)C(C)(C)C.CCCCC(=O)C(C)(C)C.CCCCC(CNC(=O)c1cccc(OC)c1C)C(C)(C)C.COc1cccc(C(=O)NCN)c1C.[B].[C-]#N.[Na+]. The van der Waals surface area contributed by atoms with Crippen LogP contribution in [-0.2, 0) is 14.4 Å². The van der Waals surface area contributed by atoms with Crippen LogP contribution in [0.4, 0.5) is 0 Å². The van der Waals surface area contributed by atoms with Crippen molar-refractivity contribution in [3.63, 3.8) is 0 Å². The van der Waals surface area contributed by atoms with Gasteiger partial charge in [0.05, 0.1) is 28.0 Å². The normalized spacial score (nSPS) is 10.7. The molecule has 1 unspecified atom stereocenters. The Bertz CT molecular complexity index is 2280. The maximum Gasteiger partial charge on any atom is 1.00 e. The first-order valence-corrected chi connectivity index (χ1v) is 26.5. The Hall–Kier alpha value is -5.74. The Balaban J connectivity index is -0.000000220. The second-order valence-corrected chi connectivity index (χ2v) is 21.2. The zero-order valence-corrected chi connectivity index (χ0v) is 54.7. The van der Waals surface area contributed by atoms with Crippen molar-refractivity contribution in [3.8, 4) is 17.2 Å². The second kappa shape index (κ2) is 47.0. The summed E-state index contributed by atoms with van der Waals surface area (Å²) in [5.41, 5.74) is 13.4. The number of aliphatic carboxylic acids is 2. The van der Waals surface area contributed by atoms with Crippen LogP contribution in [0, 0.1) is 54.8 Å². The predicted octanol–water partition coefficient (Wildman–Crippen LogP) is 9.25. The van der Waals surface area contributed by atoms with E-state index in [0.29, 0.717) is 39.9 Å². The molecule has 0 saturated carbocycles. The van der Waals surface area contributed by atoms with Gasteiger partial charge in [-0.25, -0.2) is 5.43 Å². The zero-order valence-electron chi connectivity index (χ0n) is 52.7. The van der Waals surface area contributed by atoms with Gasteiger partial charge in [-0.2, -0.15) is 5.10 Å². The maximum atomic E-state index is 12.5. The van der Waals surface area contributed by atoms with Gasteiger partial charge in [0.2, 0.25) is 0 Å². The summed E-state index contributed by atoms with van der Waals surface area (Å²) in [5.74, 6) is 0.983. The van der Waals surface area contributed by atoms with Gasteiger partial charge in [-0.1, -0.05) is 127 Å². The number of nitrogens with one attached hydrogen (secondary N) is 3. The average Bonchev–Trinajstić information content (AvgIpc) is 3.35. The molecule has 3 amide bonds. The van der Waals surface area contributed by atoms with Gasteiger partial charge in [-0.05, 0) is 94.2 Å². The summed E-state index contributed by atoms with van der Waals surface area (Å²) >= 11 is 0. The van der Waals surface area contributed by atoms with Crippen molar-refractivity contribution in [2.75, 3.05) is 34.5 Å². The Morgan fingerprint density at radius 2 is 0.938 bits per heavy atom. The first-order chi connectivity index (χ1) is 36.3. The van der Waals surface area contributed by atoms with E-state index in [0.717, 1.165) is 93.5 Å². The van der Waals surface area contributed by atoms with Crippen LogP contribution in [0.1, 0.15) is 202 Å². The fourth-order valence-electron chi connectivity index (χ4n) is 6.87. The molecule has 3 rings (SSSR count). The number of unbranched alkanes of at least 4 members (excludes halogenated alkanes) is 3. The van der Waals surface area contributed by atoms with Crippen molar-refractivity contribution in [2.45, 2.75) is 175 Å². The molecule has 0 spiro atoms. The van der Waals surface area contributed by atoms with E-state index in [1.165, 1.54) is 12.8 Å². The monoisotopic (exact) mass is 1130 g/mol. The van der Waals surface area contributed by atoms with Gasteiger partial charge in [0.15, 0.2) is 0 Å². The van der Waals surface area contributed by atoms with Crippen LogP contribution in [0.15, 0.2) is 59.7 Å². The summed E-state index contributed by atoms with van der Waals surface area (Å²) in [6.45, 7) is 38.9. The smallest absolute Gasteiger partial charge is 0.512 e. The van der Waals surface area contributed by atoms with Crippen molar-refractivity contribution in [2.24, 2.45) is 33.0 Å². The van der Waals surface area contributed by atoms with Crippen molar-refractivity contribution in [1.29, 1.82) is 5.26 Å². The molecular weight excluding hydrogens is 1030 g/mol. The number of carboxylic acids is 2. The molecule has 17 nitrogen and oxygen atoms in total. The standard InChI is InChI=1S/C19H31NO2.C18H28N2O2.C10H14N2O2.C9H18O.2C2H4O2.CN.B.Na/c1-7-8-10-15(19(3,4)5)13-20-18(21)16-11-9-12-17(22-6)14(16)2;1-7-8-12-16(18(3,4)5)19-20-17(21)14-10-9-11-15(22-6)13(14)2;1-7-8(10(13)12-6-11)4-3-5-9(7)14-2;1-5-6-7-8(10)9(2,3)4;2*1-2(3)4;1-2;;/h9,11-12,15H,7-8,10,13H2,1-6H3,(H,20,21);9-11H,7-8,12H2,1-6H3,(H,20,21);3-5H,6,11H2,1-2H3,(H,12,13);5-7H2,1-4H3;2*1H3,(H,3,4);;;/q;;;;;;-1;;+1/b;19-16+;;;;;;;. The number of benzene rings is 3. The van der Waals surface area contributed by atoms with Crippen LogP contribution in [0.5, 0.6) is 17.2 Å². The molecule has 3 aromatic rings. The molecule has 0 aliphatic rings. The Labute approximate surface area is 505 Å². The number of amides is 3. The van der Waals surface area contributed by atoms with E-state index in [1.54, 1.807) is 39.5 Å². The molecule has 1 atom stereocenters. The van der Waals surface area contributed by atoms with Crippen LogP contribution in [-0.4, -0.2) is 94.3 Å². The number of methoxy groups -OCH3 is 3. The van der Waals surface area contributed by atoms with Crippen molar-refractivity contribution in [1.82, 2.24) is 16.1 Å². The molecule has 3 aromatic carbocycles. The Morgan fingerprint density at radius 3 is 1.24 bits per heavy atom. The van der Waals surface area contributed by atoms with Crippen LogP contribution in [0.3, 0.4) is 0 Å². The van der Waals surface area contributed by atoms with Gasteiger partial charge in [0.1, 0.15) is 23.0 Å². The van der Waals surface area contributed by atoms with E-state index < -0.39 is 11.9 Å². The number of carbonyl (C=O) groups is 6. The number of ketones is 1. The Kier molecular flexibility index (Phi) is 50.2. The number of hydrogen-bond acceptors (Lipinski definition) is 12. The third-order valence-electron chi connectivity index (χ3n) is 11.7. The molecule has 19 heteroatoms. The quantitative estimate of drug-likeness (QED) is 0.0215. The Morgan fingerprint density at radius 1 is 0.600 bits per heavy atom. The minimum atomic E-state index is -0.833. The van der Waals surface area contributed by atoms with Crippen LogP contribution >= 0.6 is 0 Å². The molecule has 443 valence electrons. The number of carboxylic acid groups (broad SMARTS) is 2. The zero-order chi connectivity index (χ0) is 61.4. The van der Waals surface area contributed by atoms with Gasteiger partial charge >= 0.3 is 29.6 Å². The average molecular weight is 1130 g/mol. The molecule has 80 heavy (non-hydrogen) atoms. The molecule has 0 heterocycles. The molecule has 0 saturated heterocycles. The van der Waals surface area contributed by atoms with Crippen molar-refractivity contribution in [3.05, 3.63) is 94.6 Å². The summed E-state index contributed by atoms with van der Waals surface area (Å²) in [7, 11) is 4.81. The van der Waals surface area contributed by atoms with Gasteiger partial charge in [0.25, 0.3) is 29.7 Å². The van der Waals surface area contributed by atoms with E-state index in [1.807, 2.05) is 77.9 Å². The van der Waals surface area contributed by atoms with E-state index in [2.05, 4.69) is 83.5 Å². The topological polar surface area (TPSA) is 269 Å². The van der Waals surface area contributed by atoms with E-state index >= 15 is 0 Å². The maximum absolute atomic E-state index is 12.5. The minimum absolute atomic E-state index is 0. The van der Waals surface area contributed by atoms with Crippen LogP contribution < -0.4 is 65.6 Å². The third-order valence-corrected chi connectivity index (χ3v) is 11.7. The van der Waals surface area contributed by atoms with Crippen LogP contribution in [0.2, 0.25) is 0 Å². The predicted molar refractivity (Wildman–Crippen MR) is 320 cm³/mol. The van der Waals surface area contributed by atoms with Gasteiger partial charge in [-0.3, -0.25) is 28.8 Å². The number of Topliss-reactive ketones (excluding diaryl/α,β-unsaturated/α-hetero) is 1. The molecule has 0 aliphatic heterocycles. The fourth-order valence-corrected chi connectivity index (χ4v) is 6.87. The van der Waals surface area contributed by atoms with E-state index in [4.69, 9.17) is 51.6 Å². The summed E-state index contributed by atoms with van der Waals surface area (Å²) in [6, 6.07) is 16.4. The summed E-state index contributed by atoms with van der Waals surface area (Å²) in [4.78, 5) is 65.5. The number of nitrogens with zero attached hydrogens (tertiary/aromatic N) is 2. The molecule has 0 bridgehead atoms. The second-order valence-electron chi connectivity index (χ2n) is 21.2. The number of nitrogens with two attached hydrogens (primary N) is 1. The summed E-state index contributed by atoms with van der Waals surface area (Å²) in [5, 5.41) is 31.1. The summed E-state index contributed by atoms with van der Waals surface area (Å²) < 4.78 is 15.6.